The molecule has 1 aliphatic heterocycles. The van der Waals surface area contributed by atoms with Gasteiger partial charge in [0.1, 0.15) is 30.3 Å². The van der Waals surface area contributed by atoms with Crippen molar-refractivity contribution in [3.05, 3.63) is 48.0 Å². The largest absolute Gasteiger partial charge is 0.481 e. The van der Waals surface area contributed by atoms with Gasteiger partial charge in [0.05, 0.1) is 26.6 Å². The van der Waals surface area contributed by atoms with Crippen LogP contribution >= 0.6 is 0 Å². The number of benzene rings is 2. The van der Waals surface area contributed by atoms with Gasteiger partial charge in [-0.15, -0.1) is 0 Å². The first-order valence-electron chi connectivity index (χ1n) is 11.2. The van der Waals surface area contributed by atoms with Crippen molar-refractivity contribution < 1.29 is 31.3 Å². The topological polar surface area (TPSA) is 132 Å². The van der Waals surface area contributed by atoms with Crippen LogP contribution < -0.4 is 21.1 Å². The molecule has 2 aromatic carbocycles. The van der Waals surface area contributed by atoms with Crippen LogP contribution in [0.1, 0.15) is 12.0 Å². The van der Waals surface area contributed by atoms with Crippen LogP contribution in [0, 0.1) is 12.7 Å². The molecule has 0 aliphatic carbocycles. The summed E-state index contributed by atoms with van der Waals surface area (Å²) in [4.78, 5) is 20.3. The summed E-state index contributed by atoms with van der Waals surface area (Å²) in [7, 11) is -2.44. The van der Waals surface area contributed by atoms with E-state index in [-0.39, 0.29) is 17.5 Å². The maximum Gasteiger partial charge on any atom is 0.405 e. The first-order chi connectivity index (χ1) is 17.4. The van der Waals surface area contributed by atoms with Gasteiger partial charge in [-0.25, -0.2) is 18.6 Å². The van der Waals surface area contributed by atoms with Gasteiger partial charge in [0.2, 0.25) is 0 Å². The van der Waals surface area contributed by atoms with Gasteiger partial charge >= 0.3 is 6.18 Å². The van der Waals surface area contributed by atoms with E-state index in [9.17, 15) is 26.6 Å². The maximum atomic E-state index is 13.9. The Morgan fingerprint density at radius 1 is 1.27 bits per heavy atom. The molecule has 1 unspecified atom stereocenters. The average Bonchev–Trinajstić information content (AvgIpc) is 3.15. The van der Waals surface area contributed by atoms with E-state index in [0.29, 0.717) is 40.3 Å². The predicted octanol–water partition coefficient (Wildman–Crippen LogP) is 3.71. The molecule has 0 saturated carbocycles. The fourth-order valence-electron chi connectivity index (χ4n) is 3.87. The highest BCUT2D eigenvalue weighted by Gasteiger charge is 2.28. The number of nitrogens with two attached hydrogens (primary N) is 1. The third kappa shape index (κ3) is 6.83. The van der Waals surface area contributed by atoms with Crippen LogP contribution in [-0.2, 0) is 14.5 Å². The number of anilines is 2. The van der Waals surface area contributed by atoms with Crippen LogP contribution in [0.5, 0.6) is 5.75 Å². The molecule has 2 heterocycles. The number of carbonyl (C=O) groups is 1. The molecule has 0 bridgehead atoms. The first-order valence-corrected chi connectivity index (χ1v) is 13.0. The lowest BCUT2D eigenvalue weighted by molar-refractivity contribution is -0.139. The molecule has 14 heteroatoms. The van der Waals surface area contributed by atoms with Crippen molar-refractivity contribution >= 4 is 43.7 Å². The molecule has 1 aromatic heterocycles. The third-order valence-corrected chi connectivity index (χ3v) is 7.88. The minimum atomic E-state index is -4.57. The van der Waals surface area contributed by atoms with Crippen LogP contribution in [0.3, 0.4) is 0 Å². The van der Waals surface area contributed by atoms with Gasteiger partial charge in [-0.2, -0.15) is 17.5 Å². The van der Waals surface area contributed by atoms with Gasteiger partial charge in [-0.1, -0.05) is 0 Å². The van der Waals surface area contributed by atoms with Gasteiger partial charge in [0.25, 0.3) is 5.91 Å². The number of aryl methyl sites for hydroxylation is 1. The average molecular weight is 541 g/mol. The van der Waals surface area contributed by atoms with E-state index in [0.717, 1.165) is 17.7 Å². The summed E-state index contributed by atoms with van der Waals surface area (Å²) in [5.74, 6) is -0.696. The molecule has 198 valence electrons. The summed E-state index contributed by atoms with van der Waals surface area (Å²) in [6, 6.07) is 6.78. The number of ether oxygens (including phenoxy) is 1. The van der Waals surface area contributed by atoms with Crippen LogP contribution in [0.4, 0.5) is 34.8 Å². The van der Waals surface area contributed by atoms with Gasteiger partial charge in [0, 0.05) is 29.0 Å². The maximum absolute atomic E-state index is 13.9. The van der Waals surface area contributed by atoms with Crippen molar-refractivity contribution in [2.75, 3.05) is 30.0 Å². The summed E-state index contributed by atoms with van der Waals surface area (Å²) < 4.78 is 73.5. The number of nitrogens with zero attached hydrogens (tertiary/aromatic N) is 3. The predicted molar refractivity (Wildman–Crippen MR) is 131 cm³/mol. The monoisotopic (exact) mass is 540 g/mol. The molecule has 4 N–H and O–H groups in total. The Kier molecular flexibility index (Phi) is 7.50. The minimum absolute atomic E-state index is 0.104. The fraction of sp³-hybridized carbons (Fsp3) is 0.348. The Morgan fingerprint density at radius 3 is 2.76 bits per heavy atom. The first kappa shape index (κ1) is 26.5. The van der Waals surface area contributed by atoms with E-state index in [1.54, 1.807) is 24.4 Å². The van der Waals surface area contributed by atoms with Crippen LogP contribution in [0.15, 0.2) is 41.0 Å². The van der Waals surface area contributed by atoms with Gasteiger partial charge in [-0.05, 0) is 43.2 Å². The smallest absolute Gasteiger partial charge is 0.405 e. The zero-order valence-electron chi connectivity index (χ0n) is 19.6. The quantitative estimate of drug-likeness (QED) is 0.390. The van der Waals surface area contributed by atoms with Crippen molar-refractivity contribution in [1.82, 2.24) is 15.3 Å². The number of nitrogens with one attached hydrogen (secondary N) is 2. The second-order valence-corrected chi connectivity index (χ2v) is 11.1. The summed E-state index contributed by atoms with van der Waals surface area (Å²) in [5.41, 5.74) is 7.86. The van der Waals surface area contributed by atoms with E-state index in [2.05, 4.69) is 19.6 Å². The lowest BCUT2D eigenvalue weighted by Gasteiger charge is -2.15. The highest BCUT2D eigenvalue weighted by Crippen LogP contribution is 2.34. The molecule has 3 aromatic rings. The third-order valence-electron chi connectivity index (χ3n) is 5.52. The lowest BCUT2D eigenvalue weighted by atomic mass is 10.1. The molecule has 4 rings (SSSR count). The van der Waals surface area contributed by atoms with E-state index in [4.69, 9.17) is 10.5 Å². The standard InChI is InChI=1S/C23H24F4N6O3S/c1-13-6-16(33-37(35)5-4-15(28)10-37)8-18-21(13)22(31-12-30-18)32-17-3-2-14(24)7-19(17)36-9-20(34)29-11-23(25,26)27/h2-3,6-8,12,15H,4-5,9-11,28H2,1H3,(H,29,34)(H,30,31,32)/t15-,37?/m1/s1. The van der Waals surface area contributed by atoms with Crippen LogP contribution in [0.25, 0.3) is 10.9 Å². The summed E-state index contributed by atoms with van der Waals surface area (Å²) in [6.45, 7) is -0.465. The minimum Gasteiger partial charge on any atom is -0.481 e. The second kappa shape index (κ2) is 10.5. The van der Waals surface area contributed by atoms with Gasteiger partial charge in [0.15, 0.2) is 6.61 Å². The lowest BCUT2D eigenvalue weighted by Crippen LogP contribution is -2.36. The van der Waals surface area contributed by atoms with Crippen molar-refractivity contribution in [1.29, 1.82) is 0 Å². The number of carbonyl (C=O) groups excluding carboxylic acids is 1. The van der Waals surface area contributed by atoms with Gasteiger partial charge < -0.3 is 21.1 Å². The molecule has 1 amide bonds. The van der Waals surface area contributed by atoms with Crippen molar-refractivity contribution in [2.45, 2.75) is 25.6 Å². The number of rotatable bonds is 7. The van der Waals surface area contributed by atoms with Gasteiger partial charge in [-0.3, -0.25) is 4.79 Å². The van der Waals surface area contributed by atoms with E-state index >= 15 is 0 Å². The zero-order valence-corrected chi connectivity index (χ0v) is 20.5. The highest BCUT2D eigenvalue weighted by molar-refractivity contribution is 7.94. The Balaban J connectivity index is 1.59. The molecule has 0 spiro atoms. The van der Waals surface area contributed by atoms with E-state index < -0.39 is 40.8 Å². The Labute approximate surface area is 210 Å². The SMILES string of the molecule is Cc1cc(N=S2(=O)CC[C@@H](N)C2)cc2ncnc(Nc3ccc(F)cc3OCC(=O)NCC(F)(F)F)c12. The molecular weight excluding hydrogens is 516 g/mol. The summed E-state index contributed by atoms with van der Waals surface area (Å²) in [5, 5.41) is 5.30. The number of alkyl halides is 3. The van der Waals surface area contributed by atoms with Crippen molar-refractivity contribution in [2.24, 2.45) is 10.1 Å². The number of fused-ring (bicyclic) bond motifs is 1. The Bertz CT molecular complexity index is 1460. The molecule has 1 aliphatic rings. The highest BCUT2D eigenvalue weighted by atomic mass is 32.2. The molecule has 2 atom stereocenters. The number of hydrogen-bond acceptors (Lipinski definition) is 8. The number of amides is 1. The fourth-order valence-corrected chi connectivity index (χ4v) is 6.20. The zero-order chi connectivity index (χ0) is 26.8. The van der Waals surface area contributed by atoms with Crippen LogP contribution in [-0.4, -0.2) is 57.0 Å². The van der Waals surface area contributed by atoms with Crippen LogP contribution in [0.2, 0.25) is 0 Å². The Morgan fingerprint density at radius 2 is 2.05 bits per heavy atom. The van der Waals surface area contributed by atoms with Crippen molar-refractivity contribution in [3.8, 4) is 5.75 Å². The Hall–Kier alpha value is -3.52. The molecule has 37 heavy (non-hydrogen) atoms. The summed E-state index contributed by atoms with van der Waals surface area (Å²) in [6.07, 6.45) is -2.62. The molecular formula is C23H24F4N6O3S. The number of halogens is 4. The molecule has 0 radical (unpaired) electrons. The second-order valence-electron chi connectivity index (χ2n) is 8.61. The van der Waals surface area contributed by atoms with Crippen molar-refractivity contribution in [3.63, 3.8) is 0 Å². The molecule has 9 nitrogen and oxygen atoms in total. The number of hydrogen-bond donors (Lipinski definition) is 3. The molecule has 1 fully saturated rings. The van der Waals surface area contributed by atoms with E-state index in [1.165, 1.54) is 12.4 Å². The number of aromatic nitrogens is 2. The normalized spacial score (nSPS) is 19.6. The summed E-state index contributed by atoms with van der Waals surface area (Å²) >= 11 is 0. The molecule has 1 saturated heterocycles. The van der Waals surface area contributed by atoms with E-state index in [1.807, 2.05) is 0 Å².